The SMILES string of the molecule is O=C(O)CN(Cc1c[nH]c2ncccc12)CC1CC1. The summed E-state index contributed by atoms with van der Waals surface area (Å²) >= 11 is 0. The molecule has 0 aliphatic heterocycles. The van der Waals surface area contributed by atoms with Crippen molar-refractivity contribution in [3.63, 3.8) is 0 Å². The first-order valence-electron chi connectivity index (χ1n) is 6.57. The van der Waals surface area contributed by atoms with Gasteiger partial charge < -0.3 is 10.1 Å². The maximum absolute atomic E-state index is 10.9. The quantitative estimate of drug-likeness (QED) is 0.830. The Bertz CT molecular complexity index is 589. The van der Waals surface area contributed by atoms with Crippen LogP contribution < -0.4 is 0 Å². The maximum Gasteiger partial charge on any atom is 0.317 e. The van der Waals surface area contributed by atoms with Crippen LogP contribution in [0.4, 0.5) is 0 Å². The topological polar surface area (TPSA) is 69.2 Å². The van der Waals surface area contributed by atoms with E-state index < -0.39 is 5.97 Å². The fraction of sp³-hybridized carbons (Fsp3) is 0.429. The number of pyridine rings is 1. The minimum atomic E-state index is -0.765. The molecule has 5 nitrogen and oxygen atoms in total. The second kappa shape index (κ2) is 5.01. The van der Waals surface area contributed by atoms with Gasteiger partial charge in [0.25, 0.3) is 0 Å². The highest BCUT2D eigenvalue weighted by atomic mass is 16.4. The van der Waals surface area contributed by atoms with Crippen LogP contribution in [0.1, 0.15) is 18.4 Å². The van der Waals surface area contributed by atoms with E-state index in [1.807, 2.05) is 23.2 Å². The predicted molar refractivity (Wildman–Crippen MR) is 71.7 cm³/mol. The second-order valence-electron chi connectivity index (χ2n) is 5.22. The van der Waals surface area contributed by atoms with E-state index in [-0.39, 0.29) is 6.54 Å². The van der Waals surface area contributed by atoms with E-state index in [2.05, 4.69) is 9.97 Å². The molecular formula is C14H17N3O2. The lowest BCUT2D eigenvalue weighted by Crippen LogP contribution is -2.31. The van der Waals surface area contributed by atoms with E-state index in [9.17, 15) is 4.79 Å². The van der Waals surface area contributed by atoms with Crippen molar-refractivity contribution >= 4 is 17.0 Å². The summed E-state index contributed by atoms with van der Waals surface area (Å²) in [6.45, 7) is 1.64. The van der Waals surface area contributed by atoms with Crippen LogP contribution in [0.25, 0.3) is 11.0 Å². The van der Waals surface area contributed by atoms with Crippen LogP contribution in [0.2, 0.25) is 0 Å². The van der Waals surface area contributed by atoms with E-state index in [0.29, 0.717) is 12.5 Å². The zero-order valence-electron chi connectivity index (χ0n) is 10.7. The van der Waals surface area contributed by atoms with Crippen LogP contribution >= 0.6 is 0 Å². The Morgan fingerprint density at radius 3 is 3.11 bits per heavy atom. The molecule has 0 unspecified atom stereocenters. The third kappa shape index (κ3) is 2.93. The van der Waals surface area contributed by atoms with Crippen molar-refractivity contribution in [3.05, 3.63) is 30.1 Å². The third-order valence-corrected chi connectivity index (χ3v) is 3.50. The number of aliphatic carboxylic acids is 1. The maximum atomic E-state index is 10.9. The van der Waals surface area contributed by atoms with Gasteiger partial charge in [-0.15, -0.1) is 0 Å². The number of nitrogens with zero attached hydrogens (tertiary/aromatic N) is 2. The number of aromatic nitrogens is 2. The monoisotopic (exact) mass is 259 g/mol. The van der Waals surface area contributed by atoms with Crippen LogP contribution in [0.5, 0.6) is 0 Å². The van der Waals surface area contributed by atoms with Gasteiger partial charge in [0.2, 0.25) is 0 Å². The van der Waals surface area contributed by atoms with Crippen molar-refractivity contribution in [2.45, 2.75) is 19.4 Å². The van der Waals surface area contributed by atoms with E-state index in [0.717, 1.165) is 23.1 Å². The predicted octanol–water partition coefficient (Wildman–Crippen LogP) is 1.86. The van der Waals surface area contributed by atoms with Gasteiger partial charge in [0, 0.05) is 30.9 Å². The molecule has 2 aromatic heterocycles. The lowest BCUT2D eigenvalue weighted by molar-refractivity contribution is -0.138. The van der Waals surface area contributed by atoms with Crippen LogP contribution in [-0.4, -0.2) is 39.0 Å². The molecule has 19 heavy (non-hydrogen) atoms. The number of fused-ring (bicyclic) bond motifs is 1. The summed E-state index contributed by atoms with van der Waals surface area (Å²) in [6, 6.07) is 3.92. The molecule has 0 bridgehead atoms. The highest BCUT2D eigenvalue weighted by Gasteiger charge is 2.25. The van der Waals surface area contributed by atoms with E-state index in [1.54, 1.807) is 6.20 Å². The summed E-state index contributed by atoms with van der Waals surface area (Å²) in [6.07, 6.45) is 6.14. The zero-order chi connectivity index (χ0) is 13.2. The van der Waals surface area contributed by atoms with Gasteiger partial charge in [-0.1, -0.05) is 0 Å². The Morgan fingerprint density at radius 1 is 1.53 bits per heavy atom. The Labute approximate surface area is 111 Å². The number of carboxylic acids is 1. The lowest BCUT2D eigenvalue weighted by Gasteiger charge is -2.19. The number of carboxylic acid groups (broad SMARTS) is 1. The molecule has 100 valence electrons. The fourth-order valence-electron chi connectivity index (χ4n) is 2.43. The first kappa shape index (κ1) is 12.2. The average molecular weight is 259 g/mol. The summed E-state index contributed by atoms with van der Waals surface area (Å²) in [5, 5.41) is 10.1. The van der Waals surface area contributed by atoms with E-state index in [4.69, 9.17) is 5.11 Å². The molecule has 1 fully saturated rings. The van der Waals surface area contributed by atoms with Crippen molar-refractivity contribution < 1.29 is 9.90 Å². The van der Waals surface area contributed by atoms with Gasteiger partial charge in [0.15, 0.2) is 0 Å². The number of hydrogen-bond acceptors (Lipinski definition) is 3. The van der Waals surface area contributed by atoms with Crippen molar-refractivity contribution in [1.82, 2.24) is 14.9 Å². The van der Waals surface area contributed by atoms with Crippen LogP contribution in [-0.2, 0) is 11.3 Å². The minimum Gasteiger partial charge on any atom is -0.480 e. The molecule has 5 heteroatoms. The number of nitrogens with one attached hydrogen (secondary N) is 1. The third-order valence-electron chi connectivity index (χ3n) is 3.50. The van der Waals surface area contributed by atoms with Gasteiger partial charge in [0.1, 0.15) is 5.65 Å². The van der Waals surface area contributed by atoms with Gasteiger partial charge in [-0.3, -0.25) is 9.69 Å². The van der Waals surface area contributed by atoms with Gasteiger partial charge in [-0.05, 0) is 36.5 Å². The van der Waals surface area contributed by atoms with Gasteiger partial charge >= 0.3 is 5.97 Å². The second-order valence-corrected chi connectivity index (χ2v) is 5.22. The molecule has 0 aromatic carbocycles. The first-order valence-corrected chi connectivity index (χ1v) is 6.57. The molecule has 1 saturated carbocycles. The normalized spacial score (nSPS) is 15.2. The zero-order valence-corrected chi connectivity index (χ0v) is 10.7. The average Bonchev–Trinajstić information content (AvgIpc) is 3.09. The molecule has 1 aliphatic carbocycles. The number of hydrogen-bond donors (Lipinski definition) is 2. The van der Waals surface area contributed by atoms with E-state index in [1.165, 1.54) is 12.8 Å². The number of H-pyrrole nitrogens is 1. The summed E-state index contributed by atoms with van der Waals surface area (Å²) < 4.78 is 0. The Hall–Kier alpha value is -1.88. The molecule has 0 radical (unpaired) electrons. The lowest BCUT2D eigenvalue weighted by atomic mass is 10.2. The van der Waals surface area contributed by atoms with Crippen molar-refractivity contribution in [1.29, 1.82) is 0 Å². The molecule has 2 heterocycles. The molecule has 2 N–H and O–H groups in total. The summed E-state index contributed by atoms with van der Waals surface area (Å²) in [7, 11) is 0. The van der Waals surface area contributed by atoms with Gasteiger partial charge in [0.05, 0.1) is 6.54 Å². The molecule has 0 amide bonds. The molecule has 0 saturated heterocycles. The molecule has 2 aromatic rings. The Morgan fingerprint density at radius 2 is 2.37 bits per heavy atom. The first-order chi connectivity index (χ1) is 9.22. The van der Waals surface area contributed by atoms with Crippen LogP contribution in [0.15, 0.2) is 24.5 Å². The summed E-state index contributed by atoms with van der Waals surface area (Å²) in [4.78, 5) is 20.3. The van der Waals surface area contributed by atoms with Crippen LogP contribution in [0, 0.1) is 5.92 Å². The smallest absolute Gasteiger partial charge is 0.317 e. The standard InChI is InChI=1S/C14H17N3O2/c18-13(19)9-17(7-10-3-4-10)8-11-6-16-14-12(11)2-1-5-15-14/h1-2,5-6,10H,3-4,7-9H2,(H,15,16)(H,18,19). The molecule has 0 atom stereocenters. The van der Waals surface area contributed by atoms with Crippen LogP contribution in [0.3, 0.4) is 0 Å². The summed E-state index contributed by atoms with van der Waals surface area (Å²) in [5.41, 5.74) is 1.98. The Balaban J connectivity index is 1.77. The van der Waals surface area contributed by atoms with Crippen molar-refractivity contribution in [2.75, 3.05) is 13.1 Å². The molecule has 1 aliphatic rings. The Kier molecular flexibility index (Phi) is 3.21. The summed E-state index contributed by atoms with van der Waals surface area (Å²) in [5.74, 6) is -0.0821. The van der Waals surface area contributed by atoms with Crippen molar-refractivity contribution in [2.24, 2.45) is 5.92 Å². The highest BCUT2D eigenvalue weighted by molar-refractivity contribution is 5.79. The van der Waals surface area contributed by atoms with E-state index >= 15 is 0 Å². The number of rotatable bonds is 6. The van der Waals surface area contributed by atoms with Gasteiger partial charge in [-0.25, -0.2) is 4.98 Å². The molecule has 0 spiro atoms. The number of aromatic amines is 1. The van der Waals surface area contributed by atoms with Crippen molar-refractivity contribution in [3.8, 4) is 0 Å². The fourth-order valence-corrected chi connectivity index (χ4v) is 2.43. The molecule has 3 rings (SSSR count). The number of carbonyl (C=O) groups is 1. The van der Waals surface area contributed by atoms with Gasteiger partial charge in [-0.2, -0.15) is 0 Å². The minimum absolute atomic E-state index is 0.101. The molecular weight excluding hydrogens is 242 g/mol. The highest BCUT2D eigenvalue weighted by Crippen LogP contribution is 2.30. The largest absolute Gasteiger partial charge is 0.480 e.